The number of aryl methyl sites for hydroxylation is 1. The van der Waals surface area contributed by atoms with Crippen molar-refractivity contribution in [2.45, 2.75) is 82.7 Å². The molecule has 3 rings (SSSR count). The summed E-state index contributed by atoms with van der Waals surface area (Å²) >= 11 is 12.6. The Hall–Kier alpha value is -3.08. The first-order valence-corrected chi connectivity index (χ1v) is 14.2. The Labute approximate surface area is 251 Å². The Balaban J connectivity index is 0.00000187. The Kier molecular flexibility index (Phi) is 12.2. The number of carbonyl (C=O) groups is 2. The van der Waals surface area contributed by atoms with E-state index in [1.54, 1.807) is 18.2 Å². The number of carboxylic acids is 1. The highest BCUT2D eigenvalue weighted by Gasteiger charge is 2.45. The molecule has 2 aromatic rings. The van der Waals surface area contributed by atoms with E-state index < -0.39 is 29.3 Å². The number of rotatable bonds is 10. The number of hydrogen-bond donors (Lipinski definition) is 2. The summed E-state index contributed by atoms with van der Waals surface area (Å²) in [4.78, 5) is 21.7. The summed E-state index contributed by atoms with van der Waals surface area (Å²) in [5.41, 5.74) is 7.05. The molecule has 3 N–H and O–H groups in total. The molecule has 1 amide bonds. The molecule has 222 valence electrons. The predicted octanol–water partition coefficient (Wildman–Crippen LogP) is 8.01. The molecule has 2 aromatic carbocycles. The predicted molar refractivity (Wildman–Crippen MR) is 161 cm³/mol. The maximum absolute atomic E-state index is 14.2. The second-order valence-corrected chi connectivity index (χ2v) is 11.7. The van der Waals surface area contributed by atoms with Gasteiger partial charge in [0.2, 0.25) is 12.3 Å². The molecule has 0 bridgehead atoms. The van der Waals surface area contributed by atoms with Crippen molar-refractivity contribution in [1.29, 1.82) is 0 Å². The van der Waals surface area contributed by atoms with E-state index in [4.69, 9.17) is 39.5 Å². The third-order valence-electron chi connectivity index (χ3n) is 7.87. The number of allylic oxidation sites excluding steroid dienone is 1. The van der Waals surface area contributed by atoms with Gasteiger partial charge < -0.3 is 15.7 Å². The molecule has 1 fully saturated rings. The summed E-state index contributed by atoms with van der Waals surface area (Å²) in [7, 11) is 0. The molecule has 0 radical (unpaired) electrons. The molecule has 0 aliphatic heterocycles. The minimum atomic E-state index is -2.72. The van der Waals surface area contributed by atoms with Crippen molar-refractivity contribution in [3.63, 3.8) is 0 Å². The van der Waals surface area contributed by atoms with Crippen LogP contribution in [0.2, 0.25) is 10.0 Å². The van der Waals surface area contributed by atoms with Crippen LogP contribution in [-0.2, 0) is 16.0 Å². The molecule has 0 aromatic heterocycles. The molecule has 41 heavy (non-hydrogen) atoms. The number of amides is 1. The Morgan fingerprint density at radius 1 is 1.22 bits per heavy atom. The third kappa shape index (κ3) is 9.21. The van der Waals surface area contributed by atoms with Crippen LogP contribution in [0.1, 0.15) is 81.5 Å². The van der Waals surface area contributed by atoms with Crippen LogP contribution in [0.4, 0.5) is 8.78 Å². The van der Waals surface area contributed by atoms with E-state index in [1.165, 1.54) is 0 Å². The number of carboxylic acid groups (broad SMARTS) is 1. The van der Waals surface area contributed by atoms with Gasteiger partial charge in [-0.25, -0.2) is 8.78 Å². The molecular formula is C32H38Cl2F2N2O3. The maximum Gasteiger partial charge on any atom is 0.303 e. The first-order chi connectivity index (χ1) is 19.2. The van der Waals surface area contributed by atoms with Crippen LogP contribution in [0, 0.1) is 18.3 Å². The van der Waals surface area contributed by atoms with E-state index in [-0.39, 0.29) is 18.9 Å². The Bertz CT molecular complexity index is 1230. The number of terminal acetylenes is 1. The highest BCUT2D eigenvalue weighted by molar-refractivity contribution is 6.34. The molecule has 2 atom stereocenters. The van der Waals surface area contributed by atoms with E-state index in [9.17, 15) is 13.6 Å². The first kappa shape index (κ1) is 34.1. The maximum atomic E-state index is 14.2. The zero-order valence-electron chi connectivity index (χ0n) is 23.7. The molecule has 1 aliphatic rings. The van der Waals surface area contributed by atoms with Gasteiger partial charge in [0.1, 0.15) is 0 Å². The number of primary amides is 1. The van der Waals surface area contributed by atoms with Gasteiger partial charge in [-0.15, -0.1) is 6.42 Å². The lowest BCUT2D eigenvalue weighted by Crippen LogP contribution is -2.51. The first-order valence-electron chi connectivity index (χ1n) is 13.4. The zero-order valence-corrected chi connectivity index (χ0v) is 25.2. The molecule has 1 aliphatic carbocycles. The van der Waals surface area contributed by atoms with E-state index in [0.717, 1.165) is 23.6 Å². The number of alkyl halides is 2. The summed E-state index contributed by atoms with van der Waals surface area (Å²) in [5.74, 6) is -1.90. The average Bonchev–Trinajstić information content (AvgIpc) is 2.88. The zero-order chi connectivity index (χ0) is 31.0. The van der Waals surface area contributed by atoms with Crippen LogP contribution in [0.5, 0.6) is 0 Å². The summed E-state index contributed by atoms with van der Waals surface area (Å²) in [5, 5.41) is 9.93. The van der Waals surface area contributed by atoms with Crippen LogP contribution in [-0.4, -0.2) is 33.8 Å². The summed E-state index contributed by atoms with van der Waals surface area (Å²) in [6, 6.07) is 12.9. The number of nitrogens with two attached hydrogens (primary N) is 1. The smallest absolute Gasteiger partial charge is 0.303 e. The number of halogens is 4. The number of hydrogen-bond acceptors (Lipinski definition) is 3. The Morgan fingerprint density at radius 3 is 2.17 bits per heavy atom. The number of nitrogens with zero attached hydrogens (tertiary/aromatic N) is 1. The van der Waals surface area contributed by atoms with Crippen LogP contribution in [0.3, 0.4) is 0 Å². The number of carbonyl (C=O) groups excluding carboxylic acids is 1. The van der Waals surface area contributed by atoms with Gasteiger partial charge in [-0.2, -0.15) is 0 Å². The highest BCUT2D eigenvalue weighted by Crippen LogP contribution is 2.48. The second kappa shape index (κ2) is 14.7. The summed E-state index contributed by atoms with van der Waals surface area (Å²) in [6.45, 7) is 9.60. The highest BCUT2D eigenvalue weighted by atomic mass is 35.5. The van der Waals surface area contributed by atoms with Crippen molar-refractivity contribution in [2.75, 3.05) is 0 Å². The number of benzene rings is 2. The van der Waals surface area contributed by atoms with Crippen LogP contribution < -0.4 is 5.73 Å². The van der Waals surface area contributed by atoms with Crippen molar-refractivity contribution >= 4 is 35.6 Å². The van der Waals surface area contributed by atoms with E-state index in [1.807, 2.05) is 24.3 Å². The van der Waals surface area contributed by atoms with Gasteiger partial charge in [0.15, 0.2) is 0 Å². The van der Waals surface area contributed by atoms with Gasteiger partial charge in [0.05, 0.1) is 12.0 Å². The number of aliphatic carboxylic acids is 1. The van der Waals surface area contributed by atoms with Gasteiger partial charge in [0.25, 0.3) is 0 Å². The van der Waals surface area contributed by atoms with E-state index >= 15 is 0 Å². The fourth-order valence-corrected chi connectivity index (χ4v) is 6.22. The lowest BCUT2D eigenvalue weighted by Gasteiger charge is -2.52. The third-order valence-corrected chi connectivity index (χ3v) is 8.30. The topological polar surface area (TPSA) is 83.6 Å². The average molecular weight is 608 g/mol. The van der Waals surface area contributed by atoms with E-state index in [0.29, 0.717) is 47.8 Å². The van der Waals surface area contributed by atoms with Gasteiger partial charge in [-0.1, -0.05) is 60.0 Å². The molecule has 5 nitrogen and oxygen atoms in total. The van der Waals surface area contributed by atoms with Gasteiger partial charge in [-0.3, -0.25) is 9.59 Å². The van der Waals surface area contributed by atoms with Gasteiger partial charge in [-0.05, 0) is 87.8 Å². The van der Waals surface area contributed by atoms with Gasteiger partial charge >= 0.3 is 5.97 Å². The summed E-state index contributed by atoms with van der Waals surface area (Å²) < 4.78 is 28.3. The fraction of sp³-hybridized carbons (Fsp3) is 0.438. The Morgan fingerprint density at radius 2 is 1.73 bits per heavy atom. The monoisotopic (exact) mass is 606 g/mol. The molecule has 0 spiro atoms. The van der Waals surface area contributed by atoms with E-state index in [2.05, 4.69) is 37.0 Å². The lowest BCUT2D eigenvalue weighted by molar-refractivity contribution is -0.137. The SMILES string of the molecule is C#CC(C(=C)N(C(C)c1ccc(CCC(=O)O)cc1)C1(C)CCC(C(C)(F)F)CC1)c1cc(Cl)cc(Cl)c1.NC=O. The van der Waals surface area contributed by atoms with Crippen molar-refractivity contribution in [2.24, 2.45) is 11.7 Å². The van der Waals surface area contributed by atoms with Crippen LogP contribution in [0.25, 0.3) is 0 Å². The quantitative estimate of drug-likeness (QED) is 0.212. The fourth-order valence-electron chi connectivity index (χ4n) is 5.68. The van der Waals surface area contributed by atoms with Crippen molar-refractivity contribution in [1.82, 2.24) is 4.90 Å². The van der Waals surface area contributed by atoms with Crippen molar-refractivity contribution < 1.29 is 23.5 Å². The van der Waals surface area contributed by atoms with Gasteiger partial charge in [0, 0.05) is 33.6 Å². The molecule has 1 saturated carbocycles. The van der Waals surface area contributed by atoms with Crippen molar-refractivity contribution in [3.05, 3.63) is 81.5 Å². The largest absolute Gasteiger partial charge is 0.481 e. The minimum absolute atomic E-state index is 0.0607. The molecular weight excluding hydrogens is 569 g/mol. The normalized spacial score (nSPS) is 20.0. The van der Waals surface area contributed by atoms with Crippen LogP contribution >= 0.6 is 23.2 Å². The second-order valence-electron chi connectivity index (χ2n) is 10.8. The van der Waals surface area contributed by atoms with Crippen LogP contribution in [0.15, 0.2) is 54.7 Å². The molecule has 2 unspecified atom stereocenters. The minimum Gasteiger partial charge on any atom is -0.481 e. The molecule has 0 heterocycles. The lowest BCUT2D eigenvalue weighted by atomic mass is 9.73. The standard InChI is InChI=1S/C31H35Cl2F2NO2.CH3NO/c1-6-28(24-17-26(32)19-27(33)18-24)21(3)36(30(4)15-13-25(14-16-30)31(5,34)35)20(2)23-10-7-22(8-11-23)9-12-29(37)38;2-1-3/h1,7-8,10-11,17-20,25,28H,3,9,12-16H2,2,4-5H3,(H,37,38);1H,(H2,2,3). The molecule has 9 heteroatoms. The summed E-state index contributed by atoms with van der Waals surface area (Å²) in [6.07, 6.45) is 8.72. The molecule has 0 saturated heterocycles. The van der Waals surface area contributed by atoms with Crippen molar-refractivity contribution in [3.8, 4) is 12.3 Å².